The van der Waals surface area contributed by atoms with Crippen molar-refractivity contribution >= 4 is 26.9 Å². The number of rotatable bonds is 1. The Morgan fingerprint density at radius 3 is 2.93 bits per heavy atom. The Labute approximate surface area is 89.7 Å². The number of phenols is 1. The summed E-state index contributed by atoms with van der Waals surface area (Å²) in [7, 11) is 0. The van der Waals surface area contributed by atoms with Gasteiger partial charge in [-0.15, -0.1) is 0 Å². The second-order valence-corrected chi connectivity index (χ2v) is 4.53. The minimum atomic E-state index is 0.304. The molecule has 0 atom stereocenters. The highest BCUT2D eigenvalue weighted by Crippen LogP contribution is 2.48. The first-order valence-electron chi connectivity index (χ1n) is 4.66. The van der Waals surface area contributed by atoms with Gasteiger partial charge in [0, 0.05) is 0 Å². The molecule has 0 spiro atoms. The third-order valence-corrected chi connectivity index (χ3v) is 3.55. The van der Waals surface area contributed by atoms with E-state index >= 15 is 0 Å². The molecule has 0 unspecified atom stereocenters. The number of furan rings is 1. The molecule has 0 bridgehead atoms. The third kappa shape index (κ3) is 1.08. The minimum absolute atomic E-state index is 0.304. The van der Waals surface area contributed by atoms with Crippen LogP contribution < -0.4 is 0 Å². The number of hydrogen-bond acceptors (Lipinski definition) is 2. The van der Waals surface area contributed by atoms with Crippen LogP contribution in [0.4, 0.5) is 0 Å². The summed E-state index contributed by atoms with van der Waals surface area (Å²) in [5.41, 5.74) is 1.94. The van der Waals surface area contributed by atoms with Crippen molar-refractivity contribution in [1.29, 1.82) is 0 Å². The molecule has 1 aromatic carbocycles. The van der Waals surface area contributed by atoms with Crippen molar-refractivity contribution < 1.29 is 9.52 Å². The fraction of sp³-hybridized carbons (Fsp3) is 0.273. The molecule has 3 rings (SSSR count). The Hall–Kier alpha value is -0.960. The van der Waals surface area contributed by atoms with E-state index in [0.29, 0.717) is 11.7 Å². The third-order valence-electron chi connectivity index (χ3n) is 2.72. The Bertz CT molecular complexity index is 497. The first kappa shape index (κ1) is 8.36. The van der Waals surface area contributed by atoms with Gasteiger partial charge in [-0.2, -0.15) is 0 Å². The van der Waals surface area contributed by atoms with Gasteiger partial charge in [0.2, 0.25) is 0 Å². The van der Waals surface area contributed by atoms with Crippen molar-refractivity contribution in [2.75, 3.05) is 0 Å². The lowest BCUT2D eigenvalue weighted by molar-refractivity contribution is 0.477. The molecule has 0 saturated heterocycles. The van der Waals surface area contributed by atoms with Crippen molar-refractivity contribution in [1.82, 2.24) is 0 Å². The summed E-state index contributed by atoms with van der Waals surface area (Å²) >= 11 is 3.43. The summed E-state index contributed by atoms with van der Waals surface area (Å²) in [5.74, 6) is 0.905. The van der Waals surface area contributed by atoms with Crippen molar-refractivity contribution in [3.63, 3.8) is 0 Å². The normalized spacial score (nSPS) is 16.4. The van der Waals surface area contributed by atoms with Crippen LogP contribution in [0.15, 0.2) is 27.3 Å². The van der Waals surface area contributed by atoms with E-state index in [1.165, 1.54) is 18.4 Å². The second kappa shape index (κ2) is 2.76. The van der Waals surface area contributed by atoms with Gasteiger partial charge < -0.3 is 9.52 Å². The van der Waals surface area contributed by atoms with Crippen molar-refractivity contribution in [3.05, 3.63) is 28.4 Å². The smallest absolute Gasteiger partial charge is 0.141 e. The zero-order valence-electron chi connectivity index (χ0n) is 7.46. The largest absolute Gasteiger partial charge is 0.506 e. The maximum atomic E-state index is 9.90. The van der Waals surface area contributed by atoms with Crippen LogP contribution >= 0.6 is 15.9 Å². The molecule has 1 saturated carbocycles. The highest BCUT2D eigenvalue weighted by atomic mass is 79.9. The number of benzene rings is 1. The van der Waals surface area contributed by atoms with Crippen LogP contribution in [0.1, 0.15) is 24.3 Å². The lowest BCUT2D eigenvalue weighted by atomic mass is 10.1. The van der Waals surface area contributed by atoms with Gasteiger partial charge in [0.1, 0.15) is 11.3 Å². The first-order valence-corrected chi connectivity index (χ1v) is 5.45. The van der Waals surface area contributed by atoms with Crippen molar-refractivity contribution in [2.45, 2.75) is 18.8 Å². The van der Waals surface area contributed by atoms with Crippen molar-refractivity contribution in [3.8, 4) is 5.75 Å². The van der Waals surface area contributed by atoms with E-state index in [-0.39, 0.29) is 0 Å². The molecular formula is C11H9BrO2. The maximum Gasteiger partial charge on any atom is 0.141 e. The number of fused-ring (bicyclic) bond motifs is 1. The molecule has 0 amide bonds. The predicted octanol–water partition coefficient (Wildman–Crippen LogP) is 3.78. The maximum absolute atomic E-state index is 9.90. The van der Waals surface area contributed by atoms with E-state index in [1.54, 1.807) is 12.3 Å². The lowest BCUT2D eigenvalue weighted by Crippen LogP contribution is -1.83. The molecular weight excluding hydrogens is 244 g/mol. The van der Waals surface area contributed by atoms with Crippen LogP contribution in [0.25, 0.3) is 11.0 Å². The summed E-state index contributed by atoms with van der Waals surface area (Å²) in [4.78, 5) is 0. The van der Waals surface area contributed by atoms with E-state index in [0.717, 1.165) is 15.4 Å². The topological polar surface area (TPSA) is 33.4 Å². The highest BCUT2D eigenvalue weighted by Gasteiger charge is 2.28. The summed E-state index contributed by atoms with van der Waals surface area (Å²) in [5, 5.41) is 10.7. The van der Waals surface area contributed by atoms with Crippen LogP contribution in [0.5, 0.6) is 5.75 Å². The molecule has 1 fully saturated rings. The monoisotopic (exact) mass is 252 g/mol. The summed E-state index contributed by atoms with van der Waals surface area (Å²) in [6.45, 7) is 0. The van der Waals surface area contributed by atoms with Gasteiger partial charge in [0.15, 0.2) is 0 Å². The van der Waals surface area contributed by atoms with E-state index in [4.69, 9.17) is 4.42 Å². The minimum Gasteiger partial charge on any atom is -0.506 e. The summed E-state index contributed by atoms with van der Waals surface area (Å²) < 4.78 is 6.12. The SMILES string of the molecule is Oc1c(Br)c(C2CC2)cc2occc12. The zero-order chi connectivity index (χ0) is 9.71. The van der Waals surface area contributed by atoms with Crippen LogP contribution in [0.2, 0.25) is 0 Å². The molecule has 72 valence electrons. The Balaban J connectivity index is 2.34. The standard InChI is InChI=1S/C11H9BrO2/c12-10-8(6-1-2-6)5-9-7(11(10)13)3-4-14-9/h3-6,13H,1-2H2. The fourth-order valence-electron chi connectivity index (χ4n) is 1.78. The summed E-state index contributed by atoms with van der Waals surface area (Å²) in [6, 6.07) is 3.81. The number of phenolic OH excluding ortho intramolecular Hbond substituents is 1. The lowest BCUT2D eigenvalue weighted by Gasteiger charge is -2.05. The molecule has 2 aromatic rings. The molecule has 0 aliphatic heterocycles. The van der Waals surface area contributed by atoms with Gasteiger partial charge in [-0.1, -0.05) is 0 Å². The van der Waals surface area contributed by atoms with Gasteiger partial charge >= 0.3 is 0 Å². The van der Waals surface area contributed by atoms with Crippen LogP contribution in [-0.2, 0) is 0 Å². The highest BCUT2D eigenvalue weighted by molar-refractivity contribution is 9.10. The van der Waals surface area contributed by atoms with E-state index in [2.05, 4.69) is 15.9 Å². The molecule has 3 heteroatoms. The second-order valence-electron chi connectivity index (χ2n) is 3.74. The van der Waals surface area contributed by atoms with E-state index in [1.807, 2.05) is 6.07 Å². The number of halogens is 1. The predicted molar refractivity (Wildman–Crippen MR) is 57.6 cm³/mol. The van der Waals surface area contributed by atoms with Crippen LogP contribution in [0, 0.1) is 0 Å². The molecule has 1 aromatic heterocycles. The Kier molecular flexibility index (Phi) is 1.65. The fourth-order valence-corrected chi connectivity index (χ4v) is 2.43. The molecule has 14 heavy (non-hydrogen) atoms. The quantitative estimate of drug-likeness (QED) is 0.838. The number of hydrogen-bond donors (Lipinski definition) is 1. The van der Waals surface area contributed by atoms with Gasteiger partial charge in [-0.25, -0.2) is 0 Å². The van der Waals surface area contributed by atoms with E-state index in [9.17, 15) is 5.11 Å². The Morgan fingerprint density at radius 2 is 2.21 bits per heavy atom. The molecule has 2 nitrogen and oxygen atoms in total. The van der Waals surface area contributed by atoms with Crippen LogP contribution in [-0.4, -0.2) is 5.11 Å². The van der Waals surface area contributed by atoms with Crippen molar-refractivity contribution in [2.24, 2.45) is 0 Å². The first-order chi connectivity index (χ1) is 6.77. The average Bonchev–Trinajstić information content (AvgIpc) is 2.91. The number of aromatic hydroxyl groups is 1. The molecule has 1 N–H and O–H groups in total. The van der Waals surface area contributed by atoms with Gasteiger partial charge in [-0.05, 0) is 52.4 Å². The molecule has 1 aliphatic carbocycles. The summed E-state index contributed by atoms with van der Waals surface area (Å²) in [6.07, 6.45) is 4.03. The Morgan fingerprint density at radius 1 is 1.43 bits per heavy atom. The molecule has 0 radical (unpaired) electrons. The average molecular weight is 253 g/mol. The zero-order valence-corrected chi connectivity index (χ0v) is 9.04. The van der Waals surface area contributed by atoms with Gasteiger partial charge in [0.05, 0.1) is 16.1 Å². The van der Waals surface area contributed by atoms with Crippen LogP contribution in [0.3, 0.4) is 0 Å². The van der Waals surface area contributed by atoms with E-state index < -0.39 is 0 Å². The van der Waals surface area contributed by atoms with Gasteiger partial charge in [0.25, 0.3) is 0 Å². The molecule has 1 aliphatic rings. The molecule has 1 heterocycles. The van der Waals surface area contributed by atoms with Gasteiger partial charge in [-0.3, -0.25) is 0 Å².